The van der Waals surface area contributed by atoms with Crippen molar-refractivity contribution in [2.75, 3.05) is 5.32 Å². The topological polar surface area (TPSA) is 67.8 Å². The first kappa shape index (κ1) is 15.7. The minimum atomic E-state index is -1.10. The fourth-order valence-electron chi connectivity index (χ4n) is 3.38. The summed E-state index contributed by atoms with van der Waals surface area (Å²) >= 11 is 0. The number of hydrogen-bond acceptors (Lipinski definition) is 4. The average Bonchev–Trinajstić information content (AvgIpc) is 2.86. The second-order valence-corrected chi connectivity index (χ2v) is 6.20. The third-order valence-corrected chi connectivity index (χ3v) is 4.46. The van der Waals surface area contributed by atoms with Gasteiger partial charge in [-0.3, -0.25) is 9.59 Å². The third kappa shape index (κ3) is 3.60. The first-order valence-corrected chi connectivity index (χ1v) is 8.30. The van der Waals surface area contributed by atoms with E-state index in [4.69, 9.17) is 4.74 Å². The molecule has 1 saturated carbocycles. The van der Waals surface area contributed by atoms with Crippen molar-refractivity contribution < 1.29 is 14.3 Å². The lowest BCUT2D eigenvalue weighted by molar-refractivity contribution is -0.151. The zero-order chi connectivity index (χ0) is 16.2. The molecule has 2 aliphatic rings. The molecule has 1 atom stereocenters. The van der Waals surface area contributed by atoms with Crippen molar-refractivity contribution in [3.63, 3.8) is 0 Å². The van der Waals surface area contributed by atoms with Crippen molar-refractivity contribution in [2.24, 2.45) is 10.9 Å². The van der Waals surface area contributed by atoms with Gasteiger partial charge in [0, 0.05) is 24.1 Å². The maximum Gasteiger partial charge on any atom is 0.305 e. The molecule has 1 amide bonds. The minimum Gasteiger partial charge on any atom is -0.430 e. The van der Waals surface area contributed by atoms with E-state index in [0.717, 1.165) is 29.8 Å². The van der Waals surface area contributed by atoms with Crippen LogP contribution in [-0.2, 0) is 14.3 Å². The van der Waals surface area contributed by atoms with E-state index in [1.54, 1.807) is 0 Å². The van der Waals surface area contributed by atoms with Gasteiger partial charge in [-0.2, -0.15) is 0 Å². The summed E-state index contributed by atoms with van der Waals surface area (Å²) in [6.07, 6.45) is 5.86. The standard InChI is InChI=1S/C18H22N2O3/c1-12(21)23-18-17(22)19-15-11-7-6-10-14(15)16(20-18)13-8-4-2-3-5-9-13/h6-7,10-11,13,18H,2-5,8-9H2,1H3,(H,19,22). The van der Waals surface area contributed by atoms with E-state index < -0.39 is 18.1 Å². The molecule has 1 heterocycles. The van der Waals surface area contributed by atoms with Crippen LogP contribution in [0, 0.1) is 5.92 Å². The molecule has 122 valence electrons. The number of aliphatic imine (C=N–C) groups is 1. The third-order valence-electron chi connectivity index (χ3n) is 4.46. The number of nitrogens with zero attached hydrogens (tertiary/aromatic N) is 1. The molecular weight excluding hydrogens is 292 g/mol. The molecule has 1 aromatic rings. The fourth-order valence-corrected chi connectivity index (χ4v) is 3.38. The Morgan fingerprint density at radius 3 is 2.57 bits per heavy atom. The summed E-state index contributed by atoms with van der Waals surface area (Å²) in [5.74, 6) is -0.583. The van der Waals surface area contributed by atoms with Crippen molar-refractivity contribution in [3.8, 4) is 0 Å². The Morgan fingerprint density at radius 2 is 1.87 bits per heavy atom. The number of rotatable bonds is 2. The zero-order valence-corrected chi connectivity index (χ0v) is 13.4. The van der Waals surface area contributed by atoms with Crippen LogP contribution in [0.5, 0.6) is 0 Å². The molecule has 0 saturated heterocycles. The van der Waals surface area contributed by atoms with Crippen LogP contribution in [0.1, 0.15) is 51.0 Å². The lowest BCUT2D eigenvalue weighted by atomic mass is 9.89. The van der Waals surface area contributed by atoms with Gasteiger partial charge in [0.05, 0.1) is 5.71 Å². The lowest BCUT2D eigenvalue weighted by Crippen LogP contribution is -2.30. The van der Waals surface area contributed by atoms with E-state index >= 15 is 0 Å². The number of carbonyl (C=O) groups excluding carboxylic acids is 2. The fraction of sp³-hybridized carbons (Fsp3) is 0.500. The Balaban J connectivity index is 2.01. The molecule has 0 spiro atoms. The molecule has 3 rings (SSSR count). The number of benzene rings is 1. The first-order chi connectivity index (χ1) is 11.1. The van der Waals surface area contributed by atoms with E-state index in [-0.39, 0.29) is 0 Å². The Bertz CT molecular complexity index is 631. The summed E-state index contributed by atoms with van der Waals surface area (Å²) < 4.78 is 5.13. The van der Waals surface area contributed by atoms with E-state index in [0.29, 0.717) is 5.92 Å². The van der Waals surface area contributed by atoms with Gasteiger partial charge in [-0.15, -0.1) is 0 Å². The molecule has 0 radical (unpaired) electrons. The molecule has 0 aromatic heterocycles. The molecule has 5 heteroatoms. The van der Waals surface area contributed by atoms with Crippen molar-refractivity contribution >= 4 is 23.3 Å². The van der Waals surface area contributed by atoms with E-state index in [1.165, 1.54) is 32.6 Å². The van der Waals surface area contributed by atoms with Gasteiger partial charge in [0.25, 0.3) is 12.1 Å². The average molecular weight is 314 g/mol. The monoisotopic (exact) mass is 314 g/mol. The number of para-hydroxylation sites is 1. The second kappa shape index (κ2) is 6.94. The first-order valence-electron chi connectivity index (χ1n) is 8.30. The SMILES string of the molecule is CC(=O)OC1N=C(C2CCCCCC2)c2ccccc2NC1=O. The maximum absolute atomic E-state index is 12.3. The summed E-state index contributed by atoms with van der Waals surface area (Å²) in [6.45, 7) is 1.30. The summed E-state index contributed by atoms with van der Waals surface area (Å²) in [5, 5.41) is 2.83. The highest BCUT2D eigenvalue weighted by Gasteiger charge is 2.30. The Hall–Kier alpha value is -2.17. The van der Waals surface area contributed by atoms with Gasteiger partial charge >= 0.3 is 5.97 Å². The van der Waals surface area contributed by atoms with Crippen molar-refractivity contribution in [1.82, 2.24) is 0 Å². The number of anilines is 1. The Morgan fingerprint density at radius 1 is 1.17 bits per heavy atom. The van der Waals surface area contributed by atoms with Crippen LogP contribution in [0.3, 0.4) is 0 Å². The van der Waals surface area contributed by atoms with Crippen molar-refractivity contribution in [2.45, 2.75) is 51.7 Å². The number of fused-ring (bicyclic) bond motifs is 1. The molecule has 5 nitrogen and oxygen atoms in total. The smallest absolute Gasteiger partial charge is 0.305 e. The summed E-state index contributed by atoms with van der Waals surface area (Å²) in [6, 6.07) is 7.68. The second-order valence-electron chi connectivity index (χ2n) is 6.20. The van der Waals surface area contributed by atoms with Gasteiger partial charge in [-0.1, -0.05) is 43.9 Å². The molecule has 1 aliphatic carbocycles. The van der Waals surface area contributed by atoms with Gasteiger partial charge in [-0.05, 0) is 18.9 Å². The highest BCUT2D eigenvalue weighted by molar-refractivity contribution is 6.12. The largest absolute Gasteiger partial charge is 0.430 e. The molecule has 1 unspecified atom stereocenters. The van der Waals surface area contributed by atoms with Crippen LogP contribution < -0.4 is 5.32 Å². The van der Waals surface area contributed by atoms with Crippen LogP contribution in [0.15, 0.2) is 29.3 Å². The molecule has 1 aliphatic heterocycles. The molecule has 1 N–H and O–H groups in total. The van der Waals surface area contributed by atoms with Crippen LogP contribution in [-0.4, -0.2) is 23.8 Å². The number of nitrogens with one attached hydrogen (secondary N) is 1. The van der Waals surface area contributed by atoms with E-state index in [1.807, 2.05) is 24.3 Å². The van der Waals surface area contributed by atoms with Crippen LogP contribution in [0.25, 0.3) is 0 Å². The van der Waals surface area contributed by atoms with Gasteiger partial charge in [0.15, 0.2) is 0 Å². The van der Waals surface area contributed by atoms with Crippen molar-refractivity contribution in [1.29, 1.82) is 0 Å². The van der Waals surface area contributed by atoms with Crippen molar-refractivity contribution in [3.05, 3.63) is 29.8 Å². The summed E-state index contributed by atoms with van der Waals surface area (Å²) in [7, 11) is 0. The number of hydrogen-bond donors (Lipinski definition) is 1. The lowest BCUT2D eigenvalue weighted by Gasteiger charge is -2.18. The van der Waals surface area contributed by atoms with Crippen LogP contribution in [0.4, 0.5) is 5.69 Å². The van der Waals surface area contributed by atoms with E-state index in [2.05, 4.69) is 10.3 Å². The van der Waals surface area contributed by atoms with Gasteiger partial charge in [0.2, 0.25) is 0 Å². The zero-order valence-electron chi connectivity index (χ0n) is 13.4. The number of carbonyl (C=O) groups is 2. The predicted molar refractivity (Wildman–Crippen MR) is 88.4 cm³/mol. The molecule has 23 heavy (non-hydrogen) atoms. The Labute approximate surface area is 136 Å². The minimum absolute atomic E-state index is 0.310. The summed E-state index contributed by atoms with van der Waals surface area (Å²) in [5.41, 5.74) is 2.59. The van der Waals surface area contributed by atoms with Gasteiger partial charge in [-0.25, -0.2) is 4.99 Å². The van der Waals surface area contributed by atoms with Gasteiger partial charge in [0.1, 0.15) is 0 Å². The predicted octanol–water partition coefficient (Wildman–Crippen LogP) is 3.29. The number of amides is 1. The number of benzodiazepines with no additional fused rings is 1. The molecule has 1 fully saturated rings. The Kier molecular flexibility index (Phi) is 4.74. The number of ether oxygens (including phenoxy) is 1. The highest BCUT2D eigenvalue weighted by atomic mass is 16.6. The molecular formula is C18H22N2O3. The van der Waals surface area contributed by atoms with E-state index in [9.17, 15) is 9.59 Å². The maximum atomic E-state index is 12.3. The quantitative estimate of drug-likeness (QED) is 0.673. The highest BCUT2D eigenvalue weighted by Crippen LogP contribution is 2.31. The van der Waals surface area contributed by atoms with Gasteiger partial charge < -0.3 is 10.1 Å². The molecule has 0 bridgehead atoms. The molecule has 1 aromatic carbocycles. The van der Waals surface area contributed by atoms with Crippen LogP contribution >= 0.6 is 0 Å². The number of esters is 1. The summed E-state index contributed by atoms with van der Waals surface area (Å²) in [4.78, 5) is 28.2. The van der Waals surface area contributed by atoms with Crippen LogP contribution in [0.2, 0.25) is 0 Å². The normalized spacial score (nSPS) is 22.2.